The van der Waals surface area contributed by atoms with Crippen LogP contribution in [-0.2, 0) is 0 Å². The van der Waals surface area contributed by atoms with Crippen LogP contribution in [0.15, 0.2) is 58.7 Å². The molecule has 1 saturated heterocycles. The highest BCUT2D eigenvalue weighted by Gasteiger charge is 2.28. The molecule has 7 nitrogen and oxygen atoms in total. The van der Waals surface area contributed by atoms with Crippen molar-refractivity contribution in [2.75, 3.05) is 47.8 Å². The maximum absolute atomic E-state index is 8.66. The van der Waals surface area contributed by atoms with Crippen molar-refractivity contribution in [1.82, 2.24) is 15.2 Å². The lowest BCUT2D eigenvalue weighted by atomic mass is 10.2. The molecule has 0 saturated carbocycles. The quantitative estimate of drug-likeness (QED) is 0.469. The van der Waals surface area contributed by atoms with Crippen LogP contribution in [0.4, 0.5) is 17.1 Å². The van der Waals surface area contributed by atoms with Gasteiger partial charge in [0.05, 0.1) is 20.2 Å². The van der Waals surface area contributed by atoms with Crippen molar-refractivity contribution in [3.63, 3.8) is 0 Å². The number of amidine groups is 1. The highest BCUT2D eigenvalue weighted by molar-refractivity contribution is 9.12. The number of hydrogen-bond acceptors (Lipinski definition) is 7. The Bertz CT molecular complexity index is 1130. The number of nitrogens with zero attached hydrogens (tertiary/aromatic N) is 4. The number of fused-ring (bicyclic) bond motifs is 1. The van der Waals surface area contributed by atoms with Crippen LogP contribution in [0, 0.1) is 5.41 Å². The molecule has 0 bridgehead atoms. The normalized spacial score (nSPS) is 19.8. The van der Waals surface area contributed by atoms with Gasteiger partial charge in [-0.15, -0.1) is 11.3 Å². The van der Waals surface area contributed by atoms with E-state index in [9.17, 15) is 0 Å². The number of aromatic nitrogens is 1. The summed E-state index contributed by atoms with van der Waals surface area (Å²) in [5.74, 6) is 0.390. The summed E-state index contributed by atoms with van der Waals surface area (Å²) in [6.45, 7) is 7.70. The minimum atomic E-state index is -0.293. The second-order valence-electron chi connectivity index (χ2n) is 7.90. The number of hydrogen-bond donors (Lipinski definition) is 3. The Morgan fingerprint density at radius 1 is 1.12 bits per heavy atom. The van der Waals surface area contributed by atoms with E-state index < -0.39 is 0 Å². The molecular weight excluding hydrogens is 486 g/mol. The smallest absolute Gasteiger partial charge is 0.181 e. The van der Waals surface area contributed by atoms with Crippen LogP contribution in [0.3, 0.4) is 0 Å². The predicted octanol–water partition coefficient (Wildman–Crippen LogP) is 4.46. The molecule has 0 spiro atoms. The van der Waals surface area contributed by atoms with Gasteiger partial charge < -0.3 is 20.4 Å². The molecule has 1 fully saturated rings. The molecule has 1 unspecified atom stereocenters. The number of piperazine rings is 1. The molecule has 9 heteroatoms. The number of thiazole rings is 1. The molecule has 2 aliphatic heterocycles. The molecule has 0 amide bonds. The Balaban J connectivity index is 1.34. The summed E-state index contributed by atoms with van der Waals surface area (Å²) in [6, 6.07) is 14.7. The minimum Gasteiger partial charge on any atom is -0.369 e. The maximum Gasteiger partial charge on any atom is 0.181 e. The zero-order chi connectivity index (χ0) is 22.1. The van der Waals surface area contributed by atoms with Gasteiger partial charge in [-0.1, -0.05) is 6.92 Å². The molecule has 1 atom stereocenters. The van der Waals surface area contributed by atoms with Crippen LogP contribution in [0.1, 0.15) is 6.92 Å². The summed E-state index contributed by atoms with van der Waals surface area (Å²) >= 11 is 5.11. The molecule has 0 aliphatic carbocycles. The van der Waals surface area contributed by atoms with Gasteiger partial charge in [0.2, 0.25) is 0 Å². The minimum absolute atomic E-state index is 0.293. The molecule has 0 radical (unpaired) electrons. The number of halogens is 1. The van der Waals surface area contributed by atoms with Gasteiger partial charge >= 0.3 is 0 Å². The number of nitrogens with one attached hydrogen (secondary N) is 3. The van der Waals surface area contributed by atoms with Crippen LogP contribution in [0.25, 0.3) is 10.2 Å². The largest absolute Gasteiger partial charge is 0.369 e. The summed E-state index contributed by atoms with van der Waals surface area (Å²) in [5, 5.41) is 15.6. The molecular formula is C23H26BrN7S. The van der Waals surface area contributed by atoms with Gasteiger partial charge in [-0.2, -0.15) is 0 Å². The third kappa shape index (κ3) is 4.20. The van der Waals surface area contributed by atoms with Gasteiger partial charge in [0, 0.05) is 49.4 Å². The molecule has 3 aromatic rings. The topological polar surface area (TPSA) is 70.5 Å². The van der Waals surface area contributed by atoms with Gasteiger partial charge in [0.25, 0.3) is 0 Å². The van der Waals surface area contributed by atoms with Gasteiger partial charge in [-0.3, -0.25) is 10.3 Å². The fraction of sp³-hybridized carbons (Fsp3) is 0.304. The fourth-order valence-electron chi connectivity index (χ4n) is 4.17. The van der Waals surface area contributed by atoms with E-state index in [-0.39, 0.29) is 6.29 Å². The number of likely N-dealkylation sites (N-methyl/N-ethyl adjacent to an activating group) is 1. The van der Waals surface area contributed by atoms with Crippen LogP contribution >= 0.6 is 27.3 Å². The SMILES string of the molecule is CCN1CCN(c2ccc(NC3NC=C(Br)C(=N)N3c3ccc4scnc4c3)cc2)CC1. The first-order valence-corrected chi connectivity index (χ1v) is 12.5. The molecule has 166 valence electrons. The Hall–Kier alpha value is -2.62. The molecule has 5 rings (SSSR count). The van der Waals surface area contributed by atoms with E-state index in [0.29, 0.717) is 10.3 Å². The van der Waals surface area contributed by atoms with Crippen molar-refractivity contribution in [3.8, 4) is 0 Å². The van der Waals surface area contributed by atoms with Crippen molar-refractivity contribution in [2.24, 2.45) is 0 Å². The van der Waals surface area contributed by atoms with E-state index in [1.165, 1.54) is 5.69 Å². The monoisotopic (exact) mass is 511 g/mol. The van der Waals surface area contributed by atoms with Crippen molar-refractivity contribution in [1.29, 1.82) is 5.41 Å². The average Bonchev–Trinajstić information content (AvgIpc) is 3.30. The zero-order valence-corrected chi connectivity index (χ0v) is 20.3. The summed E-state index contributed by atoms with van der Waals surface area (Å²) in [4.78, 5) is 11.3. The first-order valence-electron chi connectivity index (χ1n) is 10.8. The summed E-state index contributed by atoms with van der Waals surface area (Å²) in [5.41, 5.74) is 5.95. The zero-order valence-electron chi connectivity index (χ0n) is 17.9. The van der Waals surface area contributed by atoms with Crippen molar-refractivity contribution < 1.29 is 0 Å². The highest BCUT2D eigenvalue weighted by Crippen LogP contribution is 2.29. The van der Waals surface area contributed by atoms with Crippen LogP contribution < -0.4 is 20.4 Å². The molecule has 3 heterocycles. The maximum atomic E-state index is 8.66. The van der Waals surface area contributed by atoms with Gasteiger partial charge in [-0.05, 0) is 64.9 Å². The van der Waals surface area contributed by atoms with Crippen LogP contribution in [0.5, 0.6) is 0 Å². The Labute approximate surface area is 200 Å². The third-order valence-electron chi connectivity index (χ3n) is 6.04. The summed E-state index contributed by atoms with van der Waals surface area (Å²) in [6.07, 6.45) is 1.53. The second-order valence-corrected chi connectivity index (χ2v) is 9.64. The summed E-state index contributed by atoms with van der Waals surface area (Å²) < 4.78 is 1.84. The predicted molar refractivity (Wildman–Crippen MR) is 138 cm³/mol. The molecule has 1 aromatic heterocycles. The second kappa shape index (κ2) is 9.09. The fourth-order valence-corrected chi connectivity index (χ4v) is 5.15. The van der Waals surface area contributed by atoms with Gasteiger partial charge in [0.15, 0.2) is 6.29 Å². The van der Waals surface area contributed by atoms with Gasteiger partial charge in [0.1, 0.15) is 5.84 Å². The van der Waals surface area contributed by atoms with Crippen LogP contribution in [0.2, 0.25) is 0 Å². The molecule has 2 aliphatic rings. The lowest BCUT2D eigenvalue weighted by Crippen LogP contribution is -2.55. The Kier molecular flexibility index (Phi) is 6.03. The molecule has 32 heavy (non-hydrogen) atoms. The van der Waals surface area contributed by atoms with Crippen molar-refractivity contribution in [2.45, 2.75) is 13.2 Å². The lowest BCUT2D eigenvalue weighted by molar-refractivity contribution is 0.271. The van der Waals surface area contributed by atoms with Crippen molar-refractivity contribution >= 4 is 60.4 Å². The van der Waals surface area contributed by atoms with E-state index >= 15 is 0 Å². The standard InChI is InChI=1S/C23H26BrN7S/c1-2-29-9-11-30(12-10-29)17-5-3-16(4-6-17)28-23-26-14-19(24)22(25)31(23)18-7-8-21-20(13-18)27-15-32-21/h3-8,13-15,23,25-26,28H,2,9-12H2,1H3. The van der Waals surface area contributed by atoms with E-state index in [0.717, 1.165) is 54.3 Å². The van der Waals surface area contributed by atoms with E-state index in [2.05, 4.69) is 78.6 Å². The average molecular weight is 512 g/mol. The lowest BCUT2D eigenvalue weighted by Gasteiger charge is -2.38. The van der Waals surface area contributed by atoms with Crippen LogP contribution in [-0.4, -0.2) is 54.7 Å². The number of benzene rings is 2. The van der Waals surface area contributed by atoms with E-state index in [1.807, 2.05) is 28.7 Å². The number of anilines is 3. The Morgan fingerprint density at radius 2 is 1.88 bits per heavy atom. The van der Waals surface area contributed by atoms with E-state index in [1.54, 1.807) is 11.3 Å². The van der Waals surface area contributed by atoms with E-state index in [4.69, 9.17) is 5.41 Å². The first-order chi connectivity index (χ1) is 15.6. The van der Waals surface area contributed by atoms with Gasteiger partial charge in [-0.25, -0.2) is 4.98 Å². The molecule has 2 aromatic carbocycles. The molecule has 3 N–H and O–H groups in total. The third-order valence-corrected chi connectivity index (χ3v) is 7.46. The highest BCUT2D eigenvalue weighted by atomic mass is 79.9. The summed E-state index contributed by atoms with van der Waals surface area (Å²) in [7, 11) is 0. The first kappa shape index (κ1) is 21.2. The van der Waals surface area contributed by atoms with Crippen molar-refractivity contribution in [3.05, 3.63) is 58.7 Å². The number of rotatable bonds is 5. The Morgan fingerprint density at radius 3 is 2.62 bits per heavy atom.